The minimum atomic E-state index is -0.567. The molecule has 1 aromatic carbocycles. The molecule has 0 aliphatic carbocycles. The van der Waals surface area contributed by atoms with Crippen LogP contribution in [0.15, 0.2) is 30.9 Å². The van der Waals surface area contributed by atoms with E-state index in [1.165, 1.54) is 7.11 Å². The highest BCUT2D eigenvalue weighted by Gasteiger charge is 2.24. The molecule has 19 heavy (non-hydrogen) atoms. The number of ketones is 1. The van der Waals surface area contributed by atoms with Gasteiger partial charge in [-0.15, -0.1) is 6.58 Å². The van der Waals surface area contributed by atoms with Gasteiger partial charge in [-0.2, -0.15) is 0 Å². The summed E-state index contributed by atoms with van der Waals surface area (Å²) in [7, 11) is 1.28. The maximum Gasteiger partial charge on any atom is 0.309 e. The zero-order chi connectivity index (χ0) is 14.4. The number of Topliss-reactive ketones (excluding diaryl/α,β-unsaturated/α-hetero) is 1. The van der Waals surface area contributed by atoms with Gasteiger partial charge in [-0.3, -0.25) is 9.59 Å². The number of methoxy groups -OCH3 is 1. The van der Waals surface area contributed by atoms with E-state index in [2.05, 4.69) is 11.3 Å². The molecule has 5 heteroatoms. The Morgan fingerprint density at radius 1 is 1.37 bits per heavy atom. The molecule has 1 aromatic rings. The summed E-state index contributed by atoms with van der Waals surface area (Å²) >= 11 is 11.9. The number of esters is 1. The van der Waals surface area contributed by atoms with Crippen LogP contribution in [-0.2, 0) is 9.53 Å². The molecule has 3 nitrogen and oxygen atoms in total. The Kier molecular flexibility index (Phi) is 6.06. The molecule has 0 bridgehead atoms. The number of carbonyl (C=O) groups is 2. The number of hydrogen-bond acceptors (Lipinski definition) is 3. The van der Waals surface area contributed by atoms with Gasteiger partial charge in [-0.1, -0.05) is 35.3 Å². The fourth-order valence-electron chi connectivity index (χ4n) is 1.72. The molecule has 0 amide bonds. The lowest BCUT2D eigenvalue weighted by Gasteiger charge is -2.13. The van der Waals surface area contributed by atoms with Crippen molar-refractivity contribution in [1.29, 1.82) is 0 Å². The number of hydrogen-bond donors (Lipinski definition) is 0. The maximum absolute atomic E-state index is 12.2. The van der Waals surface area contributed by atoms with Gasteiger partial charge < -0.3 is 4.74 Å². The molecular weight excluding hydrogens is 287 g/mol. The Hall–Kier alpha value is -1.32. The fraction of sp³-hybridized carbons (Fsp3) is 0.286. The van der Waals surface area contributed by atoms with Crippen LogP contribution in [0, 0.1) is 5.92 Å². The Morgan fingerprint density at radius 2 is 1.95 bits per heavy atom. The van der Waals surface area contributed by atoms with Crippen molar-refractivity contribution < 1.29 is 14.3 Å². The largest absolute Gasteiger partial charge is 0.469 e. The van der Waals surface area contributed by atoms with Gasteiger partial charge in [0.15, 0.2) is 5.78 Å². The molecule has 1 atom stereocenters. The first-order valence-electron chi connectivity index (χ1n) is 5.67. The predicted octanol–water partition coefficient (Wildman–Crippen LogP) is 3.93. The summed E-state index contributed by atoms with van der Waals surface area (Å²) in [6.07, 6.45) is 1.92. The van der Waals surface area contributed by atoms with E-state index in [9.17, 15) is 9.59 Å². The van der Waals surface area contributed by atoms with Crippen molar-refractivity contribution in [2.75, 3.05) is 7.11 Å². The van der Waals surface area contributed by atoms with E-state index < -0.39 is 11.9 Å². The van der Waals surface area contributed by atoms with Crippen LogP contribution in [0.2, 0.25) is 10.0 Å². The second-order valence-electron chi connectivity index (χ2n) is 3.97. The summed E-state index contributed by atoms with van der Waals surface area (Å²) in [6, 6.07) is 4.83. The molecular formula is C14H14Cl2O3. The van der Waals surface area contributed by atoms with E-state index in [-0.39, 0.29) is 27.8 Å². The average molecular weight is 301 g/mol. The van der Waals surface area contributed by atoms with E-state index in [1.807, 2.05) is 0 Å². The SMILES string of the molecule is C=CC[C@H](CC(=O)c1c(Cl)cccc1Cl)C(=O)OC. The lowest BCUT2D eigenvalue weighted by Crippen LogP contribution is -2.19. The van der Waals surface area contributed by atoms with Crippen molar-refractivity contribution in [3.63, 3.8) is 0 Å². The molecule has 0 fully saturated rings. The third-order valence-electron chi connectivity index (χ3n) is 2.66. The number of ether oxygens (including phenoxy) is 1. The summed E-state index contributed by atoms with van der Waals surface area (Å²) < 4.78 is 4.66. The van der Waals surface area contributed by atoms with Gasteiger partial charge in [0.1, 0.15) is 0 Å². The normalized spacial score (nSPS) is 11.7. The summed E-state index contributed by atoms with van der Waals surface area (Å²) in [6.45, 7) is 3.56. The molecule has 0 spiro atoms. The van der Waals surface area contributed by atoms with Crippen LogP contribution in [0.5, 0.6) is 0 Å². The number of allylic oxidation sites excluding steroid dienone is 1. The van der Waals surface area contributed by atoms with Crippen LogP contribution in [0.25, 0.3) is 0 Å². The van der Waals surface area contributed by atoms with Crippen molar-refractivity contribution in [1.82, 2.24) is 0 Å². The monoisotopic (exact) mass is 300 g/mol. The molecule has 0 aliphatic heterocycles. The Bertz CT molecular complexity index is 477. The van der Waals surface area contributed by atoms with Gasteiger partial charge in [0, 0.05) is 6.42 Å². The minimum Gasteiger partial charge on any atom is -0.469 e. The van der Waals surface area contributed by atoms with Gasteiger partial charge in [0.2, 0.25) is 0 Å². The lowest BCUT2D eigenvalue weighted by molar-refractivity contribution is -0.145. The number of halogens is 2. The van der Waals surface area contributed by atoms with Crippen LogP contribution in [-0.4, -0.2) is 18.9 Å². The third-order valence-corrected chi connectivity index (χ3v) is 3.29. The van der Waals surface area contributed by atoms with E-state index in [4.69, 9.17) is 23.2 Å². The van der Waals surface area contributed by atoms with Crippen molar-refractivity contribution >= 4 is 35.0 Å². The molecule has 0 N–H and O–H groups in total. The van der Waals surface area contributed by atoms with Gasteiger partial charge >= 0.3 is 5.97 Å². The third kappa shape index (κ3) is 4.08. The number of rotatable bonds is 6. The molecule has 0 saturated carbocycles. The highest BCUT2D eigenvalue weighted by Crippen LogP contribution is 2.27. The highest BCUT2D eigenvalue weighted by molar-refractivity contribution is 6.39. The van der Waals surface area contributed by atoms with Crippen molar-refractivity contribution in [2.45, 2.75) is 12.8 Å². The molecule has 102 valence electrons. The zero-order valence-electron chi connectivity index (χ0n) is 10.5. The van der Waals surface area contributed by atoms with E-state index in [0.717, 1.165) is 0 Å². The summed E-state index contributed by atoms with van der Waals surface area (Å²) in [4.78, 5) is 23.7. The first-order valence-corrected chi connectivity index (χ1v) is 6.42. The highest BCUT2D eigenvalue weighted by atomic mass is 35.5. The zero-order valence-corrected chi connectivity index (χ0v) is 12.0. The first kappa shape index (κ1) is 15.7. The average Bonchev–Trinajstić information content (AvgIpc) is 2.37. The molecule has 0 radical (unpaired) electrons. The van der Waals surface area contributed by atoms with Crippen molar-refractivity contribution in [3.8, 4) is 0 Å². The van der Waals surface area contributed by atoms with Gasteiger partial charge in [0.05, 0.1) is 28.6 Å². The predicted molar refractivity (Wildman–Crippen MR) is 75.7 cm³/mol. The summed E-state index contributed by atoms with van der Waals surface area (Å²) in [5.41, 5.74) is 0.240. The van der Waals surface area contributed by atoms with E-state index >= 15 is 0 Å². The molecule has 0 aliphatic rings. The van der Waals surface area contributed by atoms with E-state index in [0.29, 0.717) is 6.42 Å². The second kappa shape index (κ2) is 7.31. The van der Waals surface area contributed by atoms with Crippen LogP contribution in [0.4, 0.5) is 0 Å². The van der Waals surface area contributed by atoms with Crippen LogP contribution in [0.1, 0.15) is 23.2 Å². The molecule has 0 heterocycles. The summed E-state index contributed by atoms with van der Waals surface area (Å²) in [5.74, 6) is -1.30. The molecule has 0 aromatic heterocycles. The first-order chi connectivity index (χ1) is 9.01. The van der Waals surface area contributed by atoms with Crippen LogP contribution < -0.4 is 0 Å². The van der Waals surface area contributed by atoms with Gasteiger partial charge in [-0.05, 0) is 18.6 Å². The standard InChI is InChI=1S/C14H14Cl2O3/c1-3-5-9(14(18)19-2)8-12(17)13-10(15)6-4-7-11(13)16/h3-4,6-7,9H,1,5,8H2,2H3/t9-/m1/s1. The maximum atomic E-state index is 12.2. The summed E-state index contributed by atoms with van der Waals surface area (Å²) in [5, 5.41) is 0.555. The van der Waals surface area contributed by atoms with E-state index in [1.54, 1.807) is 24.3 Å². The topological polar surface area (TPSA) is 43.4 Å². The Labute approximate surface area is 122 Å². The van der Waals surface area contributed by atoms with Crippen molar-refractivity contribution in [3.05, 3.63) is 46.5 Å². The molecule has 1 rings (SSSR count). The number of carbonyl (C=O) groups excluding carboxylic acids is 2. The fourth-order valence-corrected chi connectivity index (χ4v) is 2.33. The smallest absolute Gasteiger partial charge is 0.309 e. The number of benzene rings is 1. The minimum absolute atomic E-state index is 0.0118. The Morgan fingerprint density at radius 3 is 2.42 bits per heavy atom. The van der Waals surface area contributed by atoms with Crippen molar-refractivity contribution in [2.24, 2.45) is 5.92 Å². The molecule has 0 saturated heterocycles. The Balaban J connectivity index is 2.94. The van der Waals surface area contributed by atoms with Crippen LogP contribution >= 0.6 is 23.2 Å². The lowest BCUT2D eigenvalue weighted by atomic mass is 9.95. The van der Waals surface area contributed by atoms with Crippen LogP contribution in [0.3, 0.4) is 0 Å². The van der Waals surface area contributed by atoms with Gasteiger partial charge in [-0.25, -0.2) is 0 Å². The van der Waals surface area contributed by atoms with Gasteiger partial charge in [0.25, 0.3) is 0 Å². The second-order valence-corrected chi connectivity index (χ2v) is 4.78. The molecule has 0 unspecified atom stereocenters. The quantitative estimate of drug-likeness (QED) is 0.454.